The number of nitrogens with one attached hydrogen (secondary N) is 1. The first-order chi connectivity index (χ1) is 11.3. The van der Waals surface area contributed by atoms with Gasteiger partial charge in [-0.15, -0.1) is 0 Å². The molecule has 0 saturated heterocycles. The number of carbonyl (C=O) groups is 1. The number of amides is 1. The van der Waals surface area contributed by atoms with E-state index >= 15 is 0 Å². The van der Waals surface area contributed by atoms with Gasteiger partial charge in [0.1, 0.15) is 5.82 Å². The van der Waals surface area contributed by atoms with Crippen molar-refractivity contribution in [2.24, 2.45) is 0 Å². The first kappa shape index (κ1) is 18.1. The van der Waals surface area contributed by atoms with Crippen LogP contribution in [0.15, 0.2) is 42.5 Å². The normalized spacial score (nSPS) is 11.3. The lowest BCUT2D eigenvalue weighted by Gasteiger charge is -2.12. The molecule has 2 aromatic carbocycles. The molecule has 0 aromatic heterocycles. The highest BCUT2D eigenvalue weighted by Gasteiger charge is 2.12. The Bertz CT molecular complexity index is 847. The molecule has 2 rings (SSSR count). The summed E-state index contributed by atoms with van der Waals surface area (Å²) in [5.74, 6) is -0.632. The molecule has 0 fully saturated rings. The second-order valence-electron chi connectivity index (χ2n) is 5.80. The molecule has 0 atom stereocenters. The van der Waals surface area contributed by atoms with Crippen molar-refractivity contribution >= 4 is 21.4 Å². The van der Waals surface area contributed by atoms with Crippen molar-refractivity contribution in [3.63, 3.8) is 0 Å². The molecule has 0 aliphatic rings. The molecule has 0 aliphatic heterocycles. The average molecular weight is 349 g/mol. The van der Waals surface area contributed by atoms with Crippen molar-refractivity contribution in [1.82, 2.24) is 0 Å². The molecular formula is C18H20FNO3S. The number of hydrogen-bond acceptors (Lipinski definition) is 3. The average Bonchev–Trinajstić information content (AvgIpc) is 2.49. The zero-order valence-corrected chi connectivity index (χ0v) is 14.5. The monoisotopic (exact) mass is 349 g/mol. The summed E-state index contributed by atoms with van der Waals surface area (Å²) >= 11 is 0. The molecule has 0 heterocycles. The Morgan fingerprint density at radius 1 is 1.08 bits per heavy atom. The number of hydrogen-bond donors (Lipinski definition) is 1. The number of carbonyl (C=O) groups excluding carboxylic acids is 1. The molecule has 0 aliphatic carbocycles. The molecule has 0 spiro atoms. The maximum Gasteiger partial charge on any atom is 0.224 e. The maximum absolute atomic E-state index is 13.6. The number of halogens is 1. The third kappa shape index (κ3) is 5.16. The molecule has 4 nitrogen and oxygen atoms in total. The minimum atomic E-state index is -3.15. The fraction of sp³-hybridized carbons (Fsp3) is 0.278. The molecule has 0 radical (unpaired) electrons. The fourth-order valence-corrected chi connectivity index (χ4v) is 3.30. The van der Waals surface area contributed by atoms with E-state index in [9.17, 15) is 17.6 Å². The van der Waals surface area contributed by atoms with E-state index in [0.717, 1.165) is 5.56 Å². The number of benzene rings is 2. The van der Waals surface area contributed by atoms with Crippen LogP contribution in [0.25, 0.3) is 0 Å². The third-order valence-corrected chi connectivity index (χ3v) is 4.55. The van der Waals surface area contributed by atoms with Gasteiger partial charge in [-0.25, -0.2) is 12.8 Å². The SMILES string of the molecule is Cc1c(CS(C)(=O)=O)cccc1NC(=O)CCc1ccccc1F. The Morgan fingerprint density at radius 3 is 2.42 bits per heavy atom. The molecule has 128 valence electrons. The first-order valence-corrected chi connectivity index (χ1v) is 9.62. The summed E-state index contributed by atoms with van der Waals surface area (Å²) in [5, 5.41) is 2.77. The Labute approximate surface area is 141 Å². The van der Waals surface area contributed by atoms with Gasteiger partial charge in [-0.3, -0.25) is 4.79 Å². The van der Waals surface area contributed by atoms with E-state index in [1.807, 2.05) is 0 Å². The van der Waals surface area contributed by atoms with Crippen molar-refractivity contribution in [3.05, 3.63) is 65.0 Å². The minimum absolute atomic E-state index is 0.0717. The summed E-state index contributed by atoms with van der Waals surface area (Å²) in [5.41, 5.74) is 2.46. The zero-order valence-electron chi connectivity index (χ0n) is 13.7. The van der Waals surface area contributed by atoms with Gasteiger partial charge in [-0.1, -0.05) is 30.3 Å². The number of sulfone groups is 1. The largest absolute Gasteiger partial charge is 0.326 e. The molecule has 0 bridgehead atoms. The van der Waals surface area contributed by atoms with Gasteiger partial charge in [0, 0.05) is 18.4 Å². The van der Waals surface area contributed by atoms with Crippen LogP contribution in [0.5, 0.6) is 0 Å². The van der Waals surface area contributed by atoms with E-state index in [-0.39, 0.29) is 23.9 Å². The van der Waals surface area contributed by atoms with Crippen LogP contribution in [0, 0.1) is 12.7 Å². The van der Waals surface area contributed by atoms with Gasteiger partial charge in [0.2, 0.25) is 5.91 Å². The topological polar surface area (TPSA) is 63.2 Å². The van der Waals surface area contributed by atoms with Gasteiger partial charge in [0.15, 0.2) is 9.84 Å². The smallest absolute Gasteiger partial charge is 0.224 e. The van der Waals surface area contributed by atoms with Gasteiger partial charge >= 0.3 is 0 Å². The third-order valence-electron chi connectivity index (χ3n) is 3.72. The van der Waals surface area contributed by atoms with E-state index in [0.29, 0.717) is 23.2 Å². The van der Waals surface area contributed by atoms with Gasteiger partial charge < -0.3 is 5.32 Å². The van der Waals surface area contributed by atoms with Gasteiger partial charge in [0.25, 0.3) is 0 Å². The quantitative estimate of drug-likeness (QED) is 0.871. The van der Waals surface area contributed by atoms with Crippen LogP contribution >= 0.6 is 0 Å². The summed E-state index contributed by atoms with van der Waals surface area (Å²) < 4.78 is 36.5. The summed E-state index contributed by atoms with van der Waals surface area (Å²) in [6.07, 6.45) is 1.63. The van der Waals surface area contributed by atoms with E-state index in [4.69, 9.17) is 0 Å². The Balaban J connectivity index is 2.04. The Kier molecular flexibility index (Phi) is 5.72. The highest BCUT2D eigenvalue weighted by atomic mass is 32.2. The second-order valence-corrected chi connectivity index (χ2v) is 7.94. The lowest BCUT2D eigenvalue weighted by Crippen LogP contribution is -2.14. The Hall–Kier alpha value is -2.21. The fourth-order valence-electron chi connectivity index (χ4n) is 2.42. The van der Waals surface area contributed by atoms with Crippen LogP contribution in [0.2, 0.25) is 0 Å². The van der Waals surface area contributed by atoms with Crippen LogP contribution in [-0.4, -0.2) is 20.6 Å². The van der Waals surface area contributed by atoms with Crippen molar-refractivity contribution in [1.29, 1.82) is 0 Å². The highest BCUT2D eigenvalue weighted by Crippen LogP contribution is 2.21. The van der Waals surface area contributed by atoms with Crippen molar-refractivity contribution in [2.75, 3.05) is 11.6 Å². The van der Waals surface area contributed by atoms with Crippen molar-refractivity contribution < 1.29 is 17.6 Å². The molecule has 1 N–H and O–H groups in total. The van der Waals surface area contributed by atoms with Crippen LogP contribution in [0.1, 0.15) is 23.1 Å². The van der Waals surface area contributed by atoms with E-state index in [1.54, 1.807) is 43.3 Å². The highest BCUT2D eigenvalue weighted by molar-refractivity contribution is 7.89. The molecule has 0 unspecified atom stereocenters. The van der Waals surface area contributed by atoms with Gasteiger partial charge in [-0.05, 0) is 42.2 Å². The number of rotatable bonds is 6. The predicted octanol–water partition coefficient (Wildman–Crippen LogP) is 3.25. The summed E-state index contributed by atoms with van der Waals surface area (Å²) in [6.45, 7) is 1.77. The lowest BCUT2D eigenvalue weighted by molar-refractivity contribution is -0.116. The van der Waals surface area contributed by atoms with Crippen molar-refractivity contribution in [3.8, 4) is 0 Å². The van der Waals surface area contributed by atoms with Crippen LogP contribution in [-0.2, 0) is 26.8 Å². The minimum Gasteiger partial charge on any atom is -0.326 e. The molecule has 0 saturated carbocycles. The van der Waals surface area contributed by atoms with E-state index in [1.165, 1.54) is 12.3 Å². The molecule has 1 amide bonds. The second kappa shape index (κ2) is 7.57. The summed E-state index contributed by atoms with van der Waals surface area (Å²) in [6, 6.07) is 11.5. The summed E-state index contributed by atoms with van der Waals surface area (Å²) in [7, 11) is -3.15. The van der Waals surface area contributed by atoms with Crippen LogP contribution in [0.3, 0.4) is 0 Å². The molecular weight excluding hydrogens is 329 g/mol. The zero-order chi connectivity index (χ0) is 17.7. The summed E-state index contributed by atoms with van der Waals surface area (Å²) in [4.78, 5) is 12.1. The lowest BCUT2D eigenvalue weighted by atomic mass is 10.1. The number of aryl methyl sites for hydroxylation is 1. The Morgan fingerprint density at radius 2 is 1.75 bits per heavy atom. The standard InChI is InChI=1S/C18H20FNO3S/c1-13-15(12-24(2,22)23)7-5-9-17(13)20-18(21)11-10-14-6-3-4-8-16(14)19/h3-9H,10-12H2,1-2H3,(H,20,21). The number of anilines is 1. The molecule has 2 aromatic rings. The first-order valence-electron chi connectivity index (χ1n) is 7.56. The van der Waals surface area contributed by atoms with Gasteiger partial charge in [-0.2, -0.15) is 0 Å². The van der Waals surface area contributed by atoms with Crippen LogP contribution in [0.4, 0.5) is 10.1 Å². The van der Waals surface area contributed by atoms with Crippen molar-refractivity contribution in [2.45, 2.75) is 25.5 Å². The molecule has 24 heavy (non-hydrogen) atoms. The van der Waals surface area contributed by atoms with Crippen LogP contribution < -0.4 is 5.32 Å². The maximum atomic E-state index is 13.6. The molecule has 6 heteroatoms. The van der Waals surface area contributed by atoms with E-state index < -0.39 is 9.84 Å². The van der Waals surface area contributed by atoms with Gasteiger partial charge in [0.05, 0.1) is 5.75 Å². The predicted molar refractivity (Wildman–Crippen MR) is 93.1 cm³/mol. The van der Waals surface area contributed by atoms with E-state index in [2.05, 4.69) is 5.32 Å².